The molecule has 0 saturated carbocycles. The second kappa shape index (κ2) is 5.85. The molecule has 2 rings (SSSR count). The van der Waals surface area contributed by atoms with Gasteiger partial charge in [0.2, 0.25) is 0 Å². The summed E-state index contributed by atoms with van der Waals surface area (Å²) in [6, 6.07) is 5.37. The maximum atomic E-state index is 11.8. The highest BCUT2D eigenvalue weighted by Crippen LogP contribution is 2.29. The highest BCUT2D eigenvalue weighted by molar-refractivity contribution is 9.10. The molecule has 0 aliphatic carbocycles. The first-order chi connectivity index (χ1) is 9.45. The number of benzene rings is 1. The van der Waals surface area contributed by atoms with Crippen LogP contribution in [0.4, 0.5) is 5.82 Å². The zero-order valence-electron chi connectivity index (χ0n) is 11.0. The molecule has 1 heterocycles. The molecule has 0 aliphatic rings. The minimum atomic E-state index is -0.544. The van der Waals surface area contributed by atoms with Crippen molar-refractivity contribution >= 4 is 39.3 Å². The number of aryl methyl sites for hydroxylation is 1. The summed E-state index contributed by atoms with van der Waals surface area (Å²) in [7, 11) is 0. The SMILES string of the molecule is CCOC(=O)c1nc(C)n(-c2cc(Br)ccc2Cl)c1N. The Kier molecular flexibility index (Phi) is 4.35. The lowest BCUT2D eigenvalue weighted by Gasteiger charge is -2.10. The standard InChI is InChI=1S/C13H13BrClN3O2/c1-3-20-13(19)11-12(16)18(7(2)17-11)10-6-8(14)4-5-9(10)15/h4-6H,3,16H2,1-2H3. The summed E-state index contributed by atoms with van der Waals surface area (Å²) in [6.07, 6.45) is 0. The maximum absolute atomic E-state index is 11.8. The summed E-state index contributed by atoms with van der Waals surface area (Å²) >= 11 is 9.56. The fourth-order valence-corrected chi connectivity index (χ4v) is 2.41. The highest BCUT2D eigenvalue weighted by Gasteiger charge is 2.21. The van der Waals surface area contributed by atoms with Crippen LogP contribution in [0.1, 0.15) is 23.2 Å². The maximum Gasteiger partial charge on any atom is 0.360 e. The predicted molar refractivity (Wildman–Crippen MR) is 81.4 cm³/mol. The monoisotopic (exact) mass is 357 g/mol. The van der Waals surface area contributed by atoms with E-state index in [1.807, 2.05) is 12.1 Å². The minimum Gasteiger partial charge on any atom is -0.461 e. The summed E-state index contributed by atoms with van der Waals surface area (Å²) in [5, 5.41) is 0.510. The molecule has 20 heavy (non-hydrogen) atoms. The number of ether oxygens (including phenoxy) is 1. The third-order valence-corrected chi connectivity index (χ3v) is 3.51. The number of imidazole rings is 1. The van der Waals surface area contributed by atoms with Crippen LogP contribution in [0.5, 0.6) is 0 Å². The van der Waals surface area contributed by atoms with Gasteiger partial charge in [0.1, 0.15) is 11.6 Å². The van der Waals surface area contributed by atoms with E-state index in [0.29, 0.717) is 16.5 Å². The summed E-state index contributed by atoms with van der Waals surface area (Å²) in [4.78, 5) is 16.0. The van der Waals surface area contributed by atoms with Gasteiger partial charge < -0.3 is 10.5 Å². The number of rotatable bonds is 3. The average Bonchev–Trinajstić information content (AvgIpc) is 2.68. The van der Waals surface area contributed by atoms with Gasteiger partial charge in [-0.3, -0.25) is 4.57 Å². The zero-order valence-corrected chi connectivity index (χ0v) is 13.3. The zero-order chi connectivity index (χ0) is 14.9. The first-order valence-corrected chi connectivity index (χ1v) is 7.10. The Morgan fingerprint density at radius 2 is 2.25 bits per heavy atom. The Bertz CT molecular complexity index is 670. The lowest BCUT2D eigenvalue weighted by molar-refractivity contribution is 0.0521. The van der Waals surface area contributed by atoms with E-state index in [1.165, 1.54) is 0 Å². The van der Waals surface area contributed by atoms with Crippen molar-refractivity contribution in [2.75, 3.05) is 12.3 Å². The normalized spacial score (nSPS) is 10.6. The van der Waals surface area contributed by atoms with Crippen molar-refractivity contribution in [1.82, 2.24) is 9.55 Å². The van der Waals surface area contributed by atoms with Crippen molar-refractivity contribution < 1.29 is 9.53 Å². The van der Waals surface area contributed by atoms with Crippen molar-refractivity contribution in [3.8, 4) is 5.69 Å². The molecule has 1 aromatic heterocycles. The van der Waals surface area contributed by atoms with E-state index in [1.54, 1.807) is 24.5 Å². The molecule has 5 nitrogen and oxygen atoms in total. The van der Waals surface area contributed by atoms with E-state index >= 15 is 0 Å². The van der Waals surface area contributed by atoms with Crippen LogP contribution in [-0.4, -0.2) is 22.1 Å². The second-order valence-corrected chi connectivity index (χ2v) is 5.37. The third kappa shape index (κ3) is 2.66. The fraction of sp³-hybridized carbons (Fsp3) is 0.231. The van der Waals surface area contributed by atoms with Crippen LogP contribution >= 0.6 is 27.5 Å². The molecule has 0 radical (unpaired) electrons. The summed E-state index contributed by atoms with van der Waals surface area (Å²) in [5.74, 6) is 0.226. The van der Waals surface area contributed by atoms with E-state index in [0.717, 1.165) is 4.47 Å². The molecule has 0 aliphatic heterocycles. The molecule has 0 atom stereocenters. The molecule has 0 amide bonds. The first kappa shape index (κ1) is 14.9. The number of carbonyl (C=O) groups excluding carboxylic acids is 1. The number of hydrogen-bond acceptors (Lipinski definition) is 4. The number of anilines is 1. The largest absolute Gasteiger partial charge is 0.461 e. The Morgan fingerprint density at radius 3 is 2.90 bits per heavy atom. The van der Waals surface area contributed by atoms with E-state index < -0.39 is 5.97 Å². The van der Waals surface area contributed by atoms with Gasteiger partial charge in [0.15, 0.2) is 5.69 Å². The van der Waals surface area contributed by atoms with Gasteiger partial charge in [0.05, 0.1) is 17.3 Å². The van der Waals surface area contributed by atoms with E-state index in [2.05, 4.69) is 20.9 Å². The topological polar surface area (TPSA) is 70.1 Å². The first-order valence-electron chi connectivity index (χ1n) is 5.93. The van der Waals surface area contributed by atoms with E-state index in [-0.39, 0.29) is 18.1 Å². The number of halogens is 2. The quantitative estimate of drug-likeness (QED) is 0.854. The Balaban J connectivity index is 2.58. The molecule has 0 unspecified atom stereocenters. The van der Waals surface area contributed by atoms with Crippen molar-refractivity contribution in [2.24, 2.45) is 0 Å². The number of hydrogen-bond donors (Lipinski definition) is 1. The third-order valence-electron chi connectivity index (χ3n) is 2.70. The van der Waals surface area contributed by atoms with E-state index in [9.17, 15) is 4.79 Å². The minimum absolute atomic E-state index is 0.0976. The number of nitrogens with two attached hydrogens (primary N) is 1. The molecule has 1 aromatic carbocycles. The van der Waals surface area contributed by atoms with Crippen molar-refractivity contribution in [2.45, 2.75) is 13.8 Å². The van der Waals surface area contributed by atoms with Crippen LogP contribution in [0, 0.1) is 6.92 Å². The molecular weight excluding hydrogens is 346 g/mol. The fourth-order valence-electron chi connectivity index (χ4n) is 1.86. The smallest absolute Gasteiger partial charge is 0.360 e. The molecular formula is C13H13BrClN3O2. The van der Waals surface area contributed by atoms with Gasteiger partial charge in [0.25, 0.3) is 0 Å². The van der Waals surface area contributed by atoms with Gasteiger partial charge in [-0.2, -0.15) is 0 Å². The molecule has 0 saturated heterocycles. The highest BCUT2D eigenvalue weighted by atomic mass is 79.9. The summed E-state index contributed by atoms with van der Waals surface area (Å²) in [6.45, 7) is 3.74. The molecule has 0 fully saturated rings. The van der Waals surface area contributed by atoms with Gasteiger partial charge in [-0.05, 0) is 32.0 Å². The Morgan fingerprint density at radius 1 is 1.55 bits per heavy atom. The van der Waals surface area contributed by atoms with Crippen LogP contribution in [-0.2, 0) is 4.74 Å². The number of aromatic nitrogens is 2. The van der Waals surface area contributed by atoms with Gasteiger partial charge in [-0.1, -0.05) is 27.5 Å². The molecule has 0 bridgehead atoms. The molecule has 7 heteroatoms. The van der Waals surface area contributed by atoms with Gasteiger partial charge in [-0.15, -0.1) is 0 Å². The van der Waals surface area contributed by atoms with Crippen LogP contribution in [0.25, 0.3) is 5.69 Å². The number of carbonyl (C=O) groups is 1. The number of esters is 1. The van der Waals surface area contributed by atoms with Crippen LogP contribution in [0.3, 0.4) is 0 Å². The molecule has 0 spiro atoms. The van der Waals surface area contributed by atoms with Gasteiger partial charge in [0, 0.05) is 4.47 Å². The van der Waals surface area contributed by atoms with Crippen molar-refractivity contribution in [3.63, 3.8) is 0 Å². The Hall–Kier alpha value is -1.53. The predicted octanol–water partition coefficient (Wildman–Crippen LogP) is 3.36. The van der Waals surface area contributed by atoms with Gasteiger partial charge >= 0.3 is 5.97 Å². The van der Waals surface area contributed by atoms with Crippen molar-refractivity contribution in [1.29, 1.82) is 0 Å². The number of nitrogens with zero attached hydrogens (tertiary/aromatic N) is 2. The summed E-state index contributed by atoms with van der Waals surface area (Å²) < 4.78 is 7.40. The lowest BCUT2D eigenvalue weighted by Crippen LogP contribution is -2.09. The van der Waals surface area contributed by atoms with E-state index in [4.69, 9.17) is 22.1 Å². The Labute approximate surface area is 129 Å². The van der Waals surface area contributed by atoms with Crippen molar-refractivity contribution in [3.05, 3.63) is 39.2 Å². The second-order valence-electron chi connectivity index (χ2n) is 4.04. The molecule has 2 N–H and O–H groups in total. The van der Waals surface area contributed by atoms with Crippen LogP contribution in [0.2, 0.25) is 5.02 Å². The van der Waals surface area contributed by atoms with Gasteiger partial charge in [-0.25, -0.2) is 9.78 Å². The number of nitrogen functional groups attached to an aromatic ring is 1. The van der Waals surface area contributed by atoms with Crippen LogP contribution < -0.4 is 5.73 Å². The molecule has 106 valence electrons. The molecule has 2 aromatic rings. The summed E-state index contributed by atoms with van der Waals surface area (Å²) in [5.41, 5.74) is 6.76. The average molecular weight is 359 g/mol. The lowest BCUT2D eigenvalue weighted by atomic mass is 10.3. The van der Waals surface area contributed by atoms with Crippen LogP contribution in [0.15, 0.2) is 22.7 Å².